The minimum Gasteiger partial charge on any atom is -0.374 e. The molecule has 6 heteroatoms. The van der Waals surface area contributed by atoms with Gasteiger partial charge in [-0.1, -0.05) is 0 Å². The number of nitrogens with zero attached hydrogens (tertiary/aromatic N) is 2. The fraction of sp³-hybridized carbons (Fsp3) is 0.769. The number of ether oxygens (including phenoxy) is 1. The Bertz CT molecular complexity index is 412. The lowest BCUT2D eigenvalue weighted by molar-refractivity contribution is -0.0145. The molecule has 0 amide bonds. The van der Waals surface area contributed by atoms with Crippen molar-refractivity contribution in [3.8, 4) is 0 Å². The smallest absolute Gasteiger partial charge is 0.0738 e. The van der Waals surface area contributed by atoms with Gasteiger partial charge in [0.05, 0.1) is 34.1 Å². The summed E-state index contributed by atoms with van der Waals surface area (Å²) >= 11 is 3.60. The summed E-state index contributed by atoms with van der Waals surface area (Å²) in [7, 11) is 0. The summed E-state index contributed by atoms with van der Waals surface area (Å²) in [5, 5.41) is 4.49. The summed E-state index contributed by atoms with van der Waals surface area (Å²) in [5.41, 5.74) is 4.82. The first-order valence-corrected chi connectivity index (χ1v) is 7.39. The highest BCUT2D eigenvalue weighted by molar-refractivity contribution is 9.10. The molecule has 0 aliphatic heterocycles. The molecule has 0 aliphatic rings. The third kappa shape index (κ3) is 4.87. The number of nitrogens with two attached hydrogens (primary N) is 1. The lowest BCUT2D eigenvalue weighted by Gasteiger charge is -2.24. The molecule has 3 N–H and O–H groups in total. The maximum atomic E-state index is 5.79. The van der Waals surface area contributed by atoms with Gasteiger partial charge in [0.15, 0.2) is 0 Å². The van der Waals surface area contributed by atoms with Crippen LogP contribution in [-0.4, -0.2) is 28.0 Å². The van der Waals surface area contributed by atoms with E-state index in [0.717, 1.165) is 28.8 Å². The maximum absolute atomic E-state index is 5.79. The summed E-state index contributed by atoms with van der Waals surface area (Å²) < 4.78 is 8.85. The van der Waals surface area contributed by atoms with Gasteiger partial charge in [0.25, 0.3) is 0 Å². The van der Waals surface area contributed by atoms with E-state index in [2.05, 4.69) is 33.4 Å². The number of halogens is 1. The summed E-state index contributed by atoms with van der Waals surface area (Å²) in [6, 6.07) is 0.0666. The van der Waals surface area contributed by atoms with Crippen molar-refractivity contribution < 1.29 is 4.74 Å². The van der Waals surface area contributed by atoms with E-state index < -0.39 is 0 Å². The molecule has 0 aromatic carbocycles. The number of aromatic nitrogens is 2. The quantitative estimate of drug-likeness (QED) is 0.619. The van der Waals surface area contributed by atoms with Gasteiger partial charge in [-0.3, -0.25) is 16.0 Å². The molecule has 5 nitrogen and oxygen atoms in total. The maximum Gasteiger partial charge on any atom is 0.0738 e. The van der Waals surface area contributed by atoms with E-state index in [1.165, 1.54) is 0 Å². The van der Waals surface area contributed by atoms with Gasteiger partial charge in [-0.15, -0.1) is 0 Å². The number of hydrogen-bond acceptors (Lipinski definition) is 4. The van der Waals surface area contributed by atoms with Crippen molar-refractivity contribution in [3.63, 3.8) is 0 Å². The minimum absolute atomic E-state index is 0.0666. The van der Waals surface area contributed by atoms with E-state index in [0.29, 0.717) is 6.61 Å². The molecule has 0 saturated carbocycles. The Morgan fingerprint density at radius 3 is 2.58 bits per heavy atom. The molecule has 19 heavy (non-hydrogen) atoms. The van der Waals surface area contributed by atoms with Crippen LogP contribution >= 0.6 is 15.9 Å². The number of nitrogens with one attached hydrogen (secondary N) is 1. The van der Waals surface area contributed by atoms with Crippen molar-refractivity contribution in [3.05, 3.63) is 15.9 Å². The highest BCUT2D eigenvalue weighted by Gasteiger charge is 2.19. The Labute approximate surface area is 124 Å². The lowest BCUT2D eigenvalue weighted by atomic mass is 10.1. The van der Waals surface area contributed by atoms with E-state index in [1.54, 1.807) is 0 Å². The van der Waals surface area contributed by atoms with Crippen molar-refractivity contribution in [1.82, 2.24) is 15.2 Å². The van der Waals surface area contributed by atoms with Crippen LogP contribution in [-0.2, 0) is 17.7 Å². The molecule has 0 aliphatic carbocycles. The fourth-order valence-corrected chi connectivity index (χ4v) is 2.26. The normalized spacial score (nSPS) is 13.8. The van der Waals surface area contributed by atoms with Crippen LogP contribution < -0.4 is 11.3 Å². The van der Waals surface area contributed by atoms with E-state index in [4.69, 9.17) is 10.6 Å². The van der Waals surface area contributed by atoms with Crippen LogP contribution in [0.4, 0.5) is 0 Å². The SMILES string of the molecule is CCn1nc(C)c(Br)c1CC(COC(C)(C)C)NN. The summed E-state index contributed by atoms with van der Waals surface area (Å²) in [4.78, 5) is 0. The number of hydrazine groups is 1. The van der Waals surface area contributed by atoms with Crippen LogP contribution in [0.15, 0.2) is 4.47 Å². The van der Waals surface area contributed by atoms with E-state index in [1.807, 2.05) is 32.4 Å². The Morgan fingerprint density at radius 2 is 2.11 bits per heavy atom. The van der Waals surface area contributed by atoms with Crippen molar-refractivity contribution in [2.45, 2.75) is 59.2 Å². The molecule has 1 atom stereocenters. The molecule has 1 aromatic heterocycles. The zero-order chi connectivity index (χ0) is 14.6. The topological polar surface area (TPSA) is 65.1 Å². The van der Waals surface area contributed by atoms with Crippen LogP contribution in [0, 0.1) is 6.92 Å². The van der Waals surface area contributed by atoms with Gasteiger partial charge in [-0.25, -0.2) is 0 Å². The standard InChI is InChI=1S/C13H25BrN4O/c1-6-18-11(12(14)9(2)17-18)7-10(16-15)8-19-13(3,4)5/h10,16H,6-8,15H2,1-5H3. The Kier molecular flexibility index (Phi) is 5.98. The molecule has 0 radical (unpaired) electrons. The van der Waals surface area contributed by atoms with Crippen LogP contribution in [0.5, 0.6) is 0 Å². The number of hydrogen-bond donors (Lipinski definition) is 2. The van der Waals surface area contributed by atoms with E-state index in [9.17, 15) is 0 Å². The second-order valence-electron chi connectivity index (χ2n) is 5.65. The monoisotopic (exact) mass is 332 g/mol. The molecule has 0 fully saturated rings. The molecule has 1 rings (SSSR count). The average molecular weight is 333 g/mol. The van der Waals surface area contributed by atoms with Gasteiger partial charge in [0.1, 0.15) is 0 Å². The molecule has 1 unspecified atom stereocenters. The van der Waals surface area contributed by atoms with E-state index >= 15 is 0 Å². The first-order valence-electron chi connectivity index (χ1n) is 6.60. The second-order valence-corrected chi connectivity index (χ2v) is 6.45. The predicted molar refractivity (Wildman–Crippen MR) is 80.9 cm³/mol. The third-order valence-corrected chi connectivity index (χ3v) is 3.88. The van der Waals surface area contributed by atoms with Crippen molar-refractivity contribution in [2.75, 3.05) is 6.61 Å². The molecule has 0 bridgehead atoms. The molecule has 1 heterocycles. The summed E-state index contributed by atoms with van der Waals surface area (Å²) in [5.74, 6) is 5.62. The molecular formula is C13H25BrN4O. The average Bonchev–Trinajstić information content (AvgIpc) is 2.60. The van der Waals surface area contributed by atoms with Crippen LogP contribution in [0.25, 0.3) is 0 Å². The van der Waals surface area contributed by atoms with Gasteiger partial charge in [0.2, 0.25) is 0 Å². The van der Waals surface area contributed by atoms with Crippen molar-refractivity contribution in [1.29, 1.82) is 0 Å². The van der Waals surface area contributed by atoms with E-state index in [-0.39, 0.29) is 11.6 Å². The summed E-state index contributed by atoms with van der Waals surface area (Å²) in [6.07, 6.45) is 0.780. The van der Waals surface area contributed by atoms with Crippen molar-refractivity contribution >= 4 is 15.9 Å². The first kappa shape index (κ1) is 16.6. The van der Waals surface area contributed by atoms with Crippen LogP contribution in [0.1, 0.15) is 39.1 Å². The van der Waals surface area contributed by atoms with Gasteiger partial charge < -0.3 is 4.74 Å². The predicted octanol–water partition coefficient (Wildman–Crippen LogP) is 2.16. The van der Waals surface area contributed by atoms with Crippen LogP contribution in [0.3, 0.4) is 0 Å². The highest BCUT2D eigenvalue weighted by Crippen LogP contribution is 2.22. The first-order chi connectivity index (χ1) is 8.78. The molecule has 0 spiro atoms. The third-order valence-electron chi connectivity index (χ3n) is 2.85. The molecule has 110 valence electrons. The van der Waals surface area contributed by atoms with Crippen LogP contribution in [0.2, 0.25) is 0 Å². The van der Waals surface area contributed by atoms with Gasteiger partial charge in [-0.2, -0.15) is 5.10 Å². The second kappa shape index (κ2) is 6.83. The zero-order valence-electron chi connectivity index (χ0n) is 12.5. The Hall–Kier alpha value is -0.430. The fourth-order valence-electron chi connectivity index (χ4n) is 1.81. The number of rotatable bonds is 6. The molecular weight excluding hydrogens is 308 g/mol. The van der Waals surface area contributed by atoms with Crippen molar-refractivity contribution in [2.24, 2.45) is 5.84 Å². The van der Waals surface area contributed by atoms with Gasteiger partial charge in [0, 0.05) is 13.0 Å². The zero-order valence-corrected chi connectivity index (χ0v) is 14.0. The molecule has 1 aromatic rings. The van der Waals surface area contributed by atoms with Gasteiger partial charge >= 0.3 is 0 Å². The van der Waals surface area contributed by atoms with Gasteiger partial charge in [-0.05, 0) is 50.5 Å². The minimum atomic E-state index is -0.159. The molecule has 0 saturated heterocycles. The highest BCUT2D eigenvalue weighted by atomic mass is 79.9. The Morgan fingerprint density at radius 1 is 1.47 bits per heavy atom. The summed E-state index contributed by atoms with van der Waals surface area (Å²) in [6.45, 7) is 11.6. The lowest BCUT2D eigenvalue weighted by Crippen LogP contribution is -2.42. The Balaban J connectivity index is 2.75. The number of aryl methyl sites for hydroxylation is 2. The largest absolute Gasteiger partial charge is 0.374 e.